The lowest BCUT2D eigenvalue weighted by atomic mass is 10.1. The lowest BCUT2D eigenvalue weighted by molar-refractivity contribution is 0.181. The number of nitrogens with zero attached hydrogens (tertiary/aromatic N) is 6. The van der Waals surface area contributed by atoms with Crippen molar-refractivity contribution in [1.29, 1.82) is 10.5 Å². The van der Waals surface area contributed by atoms with Crippen LogP contribution >= 0.6 is 0 Å². The van der Waals surface area contributed by atoms with Gasteiger partial charge >= 0.3 is 0 Å². The number of hydrogen-bond donors (Lipinski definition) is 0. The molecule has 1 saturated heterocycles. The Balaban J connectivity index is 1.69. The summed E-state index contributed by atoms with van der Waals surface area (Å²) in [6.45, 7) is 4.03. The number of pyridine rings is 2. The highest BCUT2D eigenvalue weighted by Gasteiger charge is 2.29. The van der Waals surface area contributed by atoms with E-state index >= 15 is 0 Å². The van der Waals surface area contributed by atoms with Crippen LogP contribution in [0.15, 0.2) is 35.1 Å². The molecule has 3 heterocycles. The number of fused-ring (bicyclic) bond motifs is 1. The van der Waals surface area contributed by atoms with E-state index in [9.17, 15) is 24.1 Å². The normalized spacial score (nSPS) is 16.7. The maximum Gasteiger partial charge on any atom is 0.270 e. The molecule has 0 N–H and O–H groups in total. The first-order valence-electron chi connectivity index (χ1n) is 10.1. The van der Waals surface area contributed by atoms with E-state index < -0.39 is 17.2 Å². The molecule has 1 atom stereocenters. The first kappa shape index (κ1) is 21.4. The van der Waals surface area contributed by atoms with Crippen molar-refractivity contribution in [2.45, 2.75) is 19.5 Å². The maximum atomic E-state index is 13.6. The Hall–Kier alpha value is -3.82. The van der Waals surface area contributed by atoms with Gasteiger partial charge in [-0.1, -0.05) is 6.07 Å². The summed E-state index contributed by atoms with van der Waals surface area (Å²) in [6.07, 6.45) is 0. The molecule has 1 aliphatic rings. The molecule has 162 valence electrons. The first-order chi connectivity index (χ1) is 15.3. The van der Waals surface area contributed by atoms with Gasteiger partial charge in [0.25, 0.3) is 5.56 Å². The average molecular weight is 434 g/mol. The van der Waals surface area contributed by atoms with Gasteiger partial charge in [0.2, 0.25) is 0 Å². The fraction of sp³-hybridized carbons (Fsp3) is 0.304. The third-order valence-electron chi connectivity index (χ3n) is 5.89. The van der Waals surface area contributed by atoms with E-state index in [2.05, 4.69) is 9.88 Å². The third-order valence-corrected chi connectivity index (χ3v) is 5.89. The number of halogens is 2. The molecule has 32 heavy (non-hydrogen) atoms. The Morgan fingerprint density at radius 2 is 1.91 bits per heavy atom. The molecule has 0 unspecified atom stereocenters. The minimum atomic E-state index is -0.877. The molecular formula is C23H20F2N6O. The SMILES string of the molecule is C[C@@H]1CN(c2c(C#N)c(=O)n(C)c3ccc(C#N)nc23)CCN1Cc1ccc(F)c(F)c1. The largest absolute Gasteiger partial charge is 0.366 e. The monoisotopic (exact) mass is 434 g/mol. The average Bonchev–Trinajstić information content (AvgIpc) is 2.79. The smallest absolute Gasteiger partial charge is 0.270 e. The molecule has 0 bridgehead atoms. The predicted octanol–water partition coefficient (Wildman–Crippen LogP) is 2.67. The molecule has 0 amide bonds. The Morgan fingerprint density at radius 3 is 2.56 bits per heavy atom. The van der Waals surface area contributed by atoms with Gasteiger partial charge in [0.15, 0.2) is 11.6 Å². The quantitative estimate of drug-likeness (QED) is 0.630. The summed E-state index contributed by atoms with van der Waals surface area (Å²) in [5.41, 5.74) is 1.85. The molecule has 0 radical (unpaired) electrons. The highest BCUT2D eigenvalue weighted by Crippen LogP contribution is 2.29. The molecule has 0 saturated carbocycles. The molecule has 9 heteroatoms. The predicted molar refractivity (Wildman–Crippen MR) is 115 cm³/mol. The van der Waals surface area contributed by atoms with Gasteiger partial charge in [-0.05, 0) is 36.8 Å². The standard InChI is InChI=1S/C23H20F2N6O/c1-14-12-31(8-7-30(14)13-15-3-5-18(24)19(25)9-15)22-17(11-27)23(32)29(2)20-6-4-16(10-26)28-21(20)22/h3-6,9,14H,7-8,12-13H2,1-2H3/t14-/m1/s1. The molecule has 7 nitrogen and oxygen atoms in total. The minimum absolute atomic E-state index is 0.00154. The molecule has 3 aromatic rings. The zero-order chi connectivity index (χ0) is 23.0. The van der Waals surface area contributed by atoms with E-state index in [1.165, 1.54) is 10.6 Å². The number of rotatable bonds is 3. The van der Waals surface area contributed by atoms with Gasteiger partial charge < -0.3 is 9.47 Å². The summed E-state index contributed by atoms with van der Waals surface area (Å²) in [4.78, 5) is 21.3. The number of hydrogen-bond acceptors (Lipinski definition) is 6. The van der Waals surface area contributed by atoms with Crippen LogP contribution in [0.5, 0.6) is 0 Å². The van der Waals surface area contributed by atoms with Crippen LogP contribution in [0.3, 0.4) is 0 Å². The summed E-state index contributed by atoms with van der Waals surface area (Å²) < 4.78 is 28.2. The maximum absolute atomic E-state index is 13.6. The summed E-state index contributed by atoms with van der Waals surface area (Å²) in [7, 11) is 1.57. The first-order valence-corrected chi connectivity index (χ1v) is 10.1. The van der Waals surface area contributed by atoms with E-state index in [0.29, 0.717) is 48.5 Å². The Kier molecular flexibility index (Phi) is 5.60. The second-order valence-electron chi connectivity index (χ2n) is 7.89. The number of anilines is 1. The zero-order valence-electron chi connectivity index (χ0n) is 17.6. The highest BCUT2D eigenvalue weighted by atomic mass is 19.2. The van der Waals surface area contributed by atoms with Crippen molar-refractivity contribution in [2.75, 3.05) is 24.5 Å². The van der Waals surface area contributed by atoms with Gasteiger partial charge in [-0.15, -0.1) is 0 Å². The second-order valence-corrected chi connectivity index (χ2v) is 7.89. The topological polar surface area (TPSA) is 88.9 Å². The van der Waals surface area contributed by atoms with E-state index in [0.717, 1.165) is 6.07 Å². The van der Waals surface area contributed by atoms with Gasteiger partial charge in [0.05, 0.1) is 11.2 Å². The molecule has 2 aromatic heterocycles. The van der Waals surface area contributed by atoms with Crippen molar-refractivity contribution >= 4 is 16.7 Å². The van der Waals surface area contributed by atoms with E-state index in [4.69, 9.17) is 0 Å². The van der Waals surface area contributed by atoms with Crippen LogP contribution in [-0.2, 0) is 13.6 Å². The van der Waals surface area contributed by atoms with Crippen LogP contribution in [-0.4, -0.2) is 40.1 Å². The number of piperazine rings is 1. The third kappa shape index (κ3) is 3.68. The van der Waals surface area contributed by atoms with Crippen molar-refractivity contribution in [1.82, 2.24) is 14.5 Å². The fourth-order valence-corrected chi connectivity index (χ4v) is 4.17. The van der Waals surface area contributed by atoms with Crippen molar-refractivity contribution in [2.24, 2.45) is 7.05 Å². The Labute approximate surface area is 183 Å². The molecule has 1 aromatic carbocycles. The second kappa shape index (κ2) is 8.37. The summed E-state index contributed by atoms with van der Waals surface area (Å²) >= 11 is 0. The minimum Gasteiger partial charge on any atom is -0.366 e. The van der Waals surface area contributed by atoms with Crippen LogP contribution in [0, 0.1) is 34.3 Å². The molecule has 0 aliphatic carbocycles. The van der Waals surface area contributed by atoms with E-state index in [-0.39, 0.29) is 17.3 Å². The van der Waals surface area contributed by atoms with Crippen LogP contribution in [0.1, 0.15) is 23.7 Å². The van der Waals surface area contributed by atoms with Crippen molar-refractivity contribution < 1.29 is 8.78 Å². The molecule has 1 aliphatic heterocycles. The van der Waals surface area contributed by atoms with E-state index in [1.54, 1.807) is 25.2 Å². The van der Waals surface area contributed by atoms with Gasteiger partial charge in [-0.25, -0.2) is 13.8 Å². The molecule has 0 spiro atoms. The van der Waals surface area contributed by atoms with Gasteiger partial charge in [0.1, 0.15) is 28.9 Å². The summed E-state index contributed by atoms with van der Waals surface area (Å²) in [6, 6.07) is 11.1. The lowest BCUT2D eigenvalue weighted by Crippen LogP contribution is -2.52. The van der Waals surface area contributed by atoms with Crippen LogP contribution in [0.2, 0.25) is 0 Å². The van der Waals surface area contributed by atoms with Crippen LogP contribution in [0.4, 0.5) is 14.5 Å². The number of benzene rings is 1. The van der Waals surface area contributed by atoms with E-state index in [1.807, 2.05) is 24.0 Å². The number of nitriles is 2. The van der Waals surface area contributed by atoms with Gasteiger partial charge in [-0.3, -0.25) is 9.69 Å². The van der Waals surface area contributed by atoms with Crippen LogP contribution < -0.4 is 10.5 Å². The Morgan fingerprint density at radius 1 is 1.12 bits per heavy atom. The fourth-order valence-electron chi connectivity index (χ4n) is 4.17. The van der Waals surface area contributed by atoms with Gasteiger partial charge in [-0.2, -0.15) is 10.5 Å². The highest BCUT2D eigenvalue weighted by molar-refractivity contribution is 5.92. The Bertz CT molecular complexity index is 1350. The summed E-state index contributed by atoms with van der Waals surface area (Å²) in [5, 5.41) is 19.0. The van der Waals surface area contributed by atoms with Crippen molar-refractivity contribution in [3.05, 3.63) is 69.1 Å². The molecule has 4 rings (SSSR count). The molecule has 1 fully saturated rings. The lowest BCUT2D eigenvalue weighted by Gasteiger charge is -2.41. The number of aromatic nitrogens is 2. The zero-order valence-corrected chi connectivity index (χ0v) is 17.6. The molecular weight excluding hydrogens is 414 g/mol. The van der Waals surface area contributed by atoms with Crippen molar-refractivity contribution in [3.8, 4) is 12.1 Å². The van der Waals surface area contributed by atoms with Crippen LogP contribution in [0.25, 0.3) is 11.0 Å². The van der Waals surface area contributed by atoms with Gasteiger partial charge in [0, 0.05) is 39.3 Å². The van der Waals surface area contributed by atoms with Crippen molar-refractivity contribution in [3.63, 3.8) is 0 Å². The summed E-state index contributed by atoms with van der Waals surface area (Å²) in [5.74, 6) is -1.75. The number of aryl methyl sites for hydroxylation is 1.